The van der Waals surface area contributed by atoms with E-state index >= 15 is 0 Å². The number of nitrogens with zero attached hydrogens (tertiary/aromatic N) is 4. The maximum atomic E-state index is 13.3. The highest BCUT2D eigenvalue weighted by Crippen LogP contribution is 2.51. The number of benzene rings is 1. The number of aliphatic hydroxyl groups is 1. The van der Waals surface area contributed by atoms with Gasteiger partial charge in [-0.1, -0.05) is 37.3 Å². The summed E-state index contributed by atoms with van der Waals surface area (Å²) in [5.74, 6) is 0.0216. The first-order chi connectivity index (χ1) is 14.1. The molecule has 2 saturated heterocycles. The van der Waals surface area contributed by atoms with Crippen molar-refractivity contribution in [2.75, 3.05) is 6.61 Å². The van der Waals surface area contributed by atoms with Gasteiger partial charge in [-0.15, -0.1) is 0 Å². The molecule has 1 N–H and O–H groups in total. The summed E-state index contributed by atoms with van der Waals surface area (Å²) in [6.45, 7) is 2.96. The Kier molecular flexibility index (Phi) is 4.39. The van der Waals surface area contributed by atoms with E-state index in [2.05, 4.69) is 29.0 Å². The Bertz CT molecular complexity index is 1040. The lowest BCUT2D eigenvalue weighted by atomic mass is 9.72. The number of rotatable bonds is 5. The largest absolute Gasteiger partial charge is 0.396 e. The highest BCUT2D eigenvalue weighted by Gasteiger charge is 2.56. The first-order valence-corrected chi connectivity index (χ1v) is 10.4. The van der Waals surface area contributed by atoms with Crippen molar-refractivity contribution in [3.05, 3.63) is 60.0 Å². The van der Waals surface area contributed by atoms with Gasteiger partial charge in [0.15, 0.2) is 5.65 Å². The van der Waals surface area contributed by atoms with Crippen molar-refractivity contribution >= 4 is 17.1 Å². The number of aliphatic hydroxyl groups excluding tert-OH is 1. The molecule has 0 spiro atoms. The van der Waals surface area contributed by atoms with E-state index in [1.54, 1.807) is 12.5 Å². The molecule has 3 aromatic rings. The van der Waals surface area contributed by atoms with Gasteiger partial charge in [-0.05, 0) is 37.3 Å². The van der Waals surface area contributed by atoms with Crippen LogP contribution in [0.5, 0.6) is 0 Å². The Morgan fingerprint density at radius 3 is 2.79 bits per heavy atom. The van der Waals surface area contributed by atoms with E-state index in [0.717, 1.165) is 36.8 Å². The minimum atomic E-state index is -0.145. The summed E-state index contributed by atoms with van der Waals surface area (Å²) in [4.78, 5) is 24.4. The number of imidazole rings is 1. The fraction of sp³-hybridized carbons (Fsp3) is 0.435. The normalized spacial score (nSPS) is 25.8. The molecule has 6 heteroatoms. The molecule has 0 unspecified atom stereocenters. The molecule has 3 atom stereocenters. The highest BCUT2D eigenvalue weighted by atomic mass is 16.3. The van der Waals surface area contributed by atoms with Gasteiger partial charge in [0, 0.05) is 23.7 Å². The number of carbonyl (C=O) groups excluding carboxylic acids is 1. The highest BCUT2D eigenvalue weighted by molar-refractivity contribution is 5.97. The van der Waals surface area contributed by atoms with E-state index in [0.29, 0.717) is 12.1 Å². The van der Waals surface area contributed by atoms with E-state index in [1.165, 1.54) is 5.56 Å². The molecule has 0 aliphatic carbocycles. The van der Waals surface area contributed by atoms with Crippen LogP contribution in [0, 0.1) is 5.41 Å². The molecule has 0 saturated carbocycles. The Balaban J connectivity index is 1.42. The van der Waals surface area contributed by atoms with Gasteiger partial charge in [0.05, 0.1) is 25.0 Å². The van der Waals surface area contributed by atoms with E-state index in [-0.39, 0.29) is 30.0 Å². The molecule has 4 heterocycles. The van der Waals surface area contributed by atoms with Gasteiger partial charge < -0.3 is 14.6 Å². The Morgan fingerprint density at radius 1 is 1.24 bits per heavy atom. The first kappa shape index (κ1) is 18.3. The smallest absolute Gasteiger partial charge is 0.256 e. The summed E-state index contributed by atoms with van der Waals surface area (Å²) in [5, 5.41) is 10.0. The van der Waals surface area contributed by atoms with Crippen molar-refractivity contribution in [1.29, 1.82) is 0 Å². The quantitative estimate of drug-likeness (QED) is 0.726. The van der Waals surface area contributed by atoms with Crippen LogP contribution in [0.2, 0.25) is 0 Å². The Labute approximate surface area is 170 Å². The lowest BCUT2D eigenvalue weighted by Crippen LogP contribution is -2.42. The second-order valence-electron chi connectivity index (χ2n) is 8.46. The molecule has 2 aliphatic rings. The summed E-state index contributed by atoms with van der Waals surface area (Å²) in [6, 6.07) is 12.4. The molecule has 2 aliphatic heterocycles. The second-order valence-corrected chi connectivity index (χ2v) is 8.46. The molecule has 0 radical (unpaired) electrons. The fourth-order valence-corrected chi connectivity index (χ4v) is 5.37. The summed E-state index contributed by atoms with van der Waals surface area (Å²) in [7, 11) is 0. The molecular formula is C23H26N4O2. The average Bonchev–Trinajstić information content (AvgIpc) is 3.45. The topological polar surface area (TPSA) is 71.2 Å². The molecule has 150 valence electrons. The third kappa shape index (κ3) is 2.85. The maximum Gasteiger partial charge on any atom is 0.256 e. The Morgan fingerprint density at radius 2 is 2.07 bits per heavy atom. The van der Waals surface area contributed by atoms with Crippen LogP contribution in [0.3, 0.4) is 0 Å². The summed E-state index contributed by atoms with van der Waals surface area (Å²) in [5.41, 5.74) is 3.15. The van der Waals surface area contributed by atoms with Crippen LogP contribution in [0.1, 0.15) is 48.5 Å². The number of hydrogen-bond donors (Lipinski definition) is 1. The van der Waals surface area contributed by atoms with Gasteiger partial charge in [0.1, 0.15) is 5.52 Å². The molecule has 2 aromatic heterocycles. The van der Waals surface area contributed by atoms with Crippen molar-refractivity contribution in [2.45, 2.75) is 51.2 Å². The van der Waals surface area contributed by atoms with Gasteiger partial charge in [0.25, 0.3) is 5.91 Å². The van der Waals surface area contributed by atoms with E-state index in [1.807, 2.05) is 33.7 Å². The standard InChI is InChI=1S/C23H26N4O2/c1-2-23(14-28)11-18-8-9-20(23)27(18)22(29)17-10-19-21(24-12-17)26(15-25-19)13-16-6-4-3-5-7-16/h3-7,10,12,15,18,20,28H,2,8-9,11,13-14H2,1H3/t18-,20+,23-/m1/s1. The summed E-state index contributed by atoms with van der Waals surface area (Å²) in [6.07, 6.45) is 7.27. The number of pyridine rings is 1. The minimum absolute atomic E-state index is 0.0216. The van der Waals surface area contributed by atoms with Crippen LogP contribution >= 0.6 is 0 Å². The van der Waals surface area contributed by atoms with Crippen molar-refractivity contribution in [3.63, 3.8) is 0 Å². The van der Waals surface area contributed by atoms with Crippen LogP contribution in [0.25, 0.3) is 11.2 Å². The minimum Gasteiger partial charge on any atom is -0.396 e. The summed E-state index contributed by atoms with van der Waals surface area (Å²) >= 11 is 0. The van der Waals surface area contributed by atoms with Crippen LogP contribution in [0.15, 0.2) is 48.9 Å². The SMILES string of the molecule is CC[C@]1(CO)C[C@H]2CC[C@@H]1N2C(=O)c1cnc2c(c1)ncn2Cc1ccccc1. The van der Waals surface area contributed by atoms with E-state index in [9.17, 15) is 9.90 Å². The predicted octanol–water partition coefficient (Wildman–Crippen LogP) is 3.25. The molecule has 1 aromatic carbocycles. The molecular weight excluding hydrogens is 364 g/mol. The molecule has 2 fully saturated rings. The van der Waals surface area contributed by atoms with Gasteiger partial charge in [0.2, 0.25) is 0 Å². The number of carbonyl (C=O) groups is 1. The van der Waals surface area contributed by atoms with Crippen LogP contribution < -0.4 is 0 Å². The van der Waals surface area contributed by atoms with Gasteiger partial charge >= 0.3 is 0 Å². The molecule has 6 nitrogen and oxygen atoms in total. The monoisotopic (exact) mass is 390 g/mol. The van der Waals surface area contributed by atoms with Crippen molar-refractivity contribution < 1.29 is 9.90 Å². The zero-order valence-electron chi connectivity index (χ0n) is 16.7. The summed E-state index contributed by atoms with van der Waals surface area (Å²) < 4.78 is 2.01. The number of amides is 1. The third-order valence-electron chi connectivity index (χ3n) is 7.00. The van der Waals surface area contributed by atoms with Gasteiger partial charge in [-0.2, -0.15) is 0 Å². The Hall–Kier alpha value is -2.73. The fourth-order valence-electron chi connectivity index (χ4n) is 5.37. The molecule has 1 amide bonds. The number of aromatic nitrogens is 3. The lowest BCUT2D eigenvalue weighted by Gasteiger charge is -2.34. The van der Waals surface area contributed by atoms with Crippen molar-refractivity contribution in [3.8, 4) is 0 Å². The zero-order valence-corrected chi connectivity index (χ0v) is 16.7. The third-order valence-corrected chi connectivity index (χ3v) is 7.00. The van der Waals surface area contributed by atoms with Crippen LogP contribution in [-0.2, 0) is 6.54 Å². The second kappa shape index (κ2) is 6.95. The van der Waals surface area contributed by atoms with E-state index in [4.69, 9.17) is 0 Å². The molecule has 29 heavy (non-hydrogen) atoms. The number of hydrogen-bond acceptors (Lipinski definition) is 4. The predicted molar refractivity (Wildman–Crippen MR) is 110 cm³/mol. The van der Waals surface area contributed by atoms with Gasteiger partial charge in [-0.25, -0.2) is 9.97 Å². The first-order valence-electron chi connectivity index (χ1n) is 10.4. The van der Waals surface area contributed by atoms with Crippen LogP contribution in [-0.4, -0.2) is 49.1 Å². The lowest BCUT2D eigenvalue weighted by molar-refractivity contribution is 0.0557. The van der Waals surface area contributed by atoms with E-state index < -0.39 is 0 Å². The van der Waals surface area contributed by atoms with Crippen molar-refractivity contribution in [1.82, 2.24) is 19.4 Å². The van der Waals surface area contributed by atoms with Crippen molar-refractivity contribution in [2.24, 2.45) is 5.41 Å². The number of fused-ring (bicyclic) bond motifs is 3. The molecule has 5 rings (SSSR count). The zero-order chi connectivity index (χ0) is 20.0. The average molecular weight is 390 g/mol. The maximum absolute atomic E-state index is 13.3. The van der Waals surface area contributed by atoms with Gasteiger partial charge in [-0.3, -0.25) is 4.79 Å². The molecule has 2 bridgehead atoms. The van der Waals surface area contributed by atoms with Crippen LogP contribution in [0.4, 0.5) is 0 Å².